The number of aromatic nitrogens is 2. The summed E-state index contributed by atoms with van der Waals surface area (Å²) in [6, 6.07) is 10.4. The molecular weight excluding hydrogens is 346 g/mol. The van der Waals surface area contributed by atoms with Gasteiger partial charge in [0.15, 0.2) is 0 Å². The zero-order chi connectivity index (χ0) is 19.0. The van der Waals surface area contributed by atoms with E-state index in [1.807, 2.05) is 30.3 Å². The maximum atomic E-state index is 12.8. The lowest BCUT2D eigenvalue weighted by Crippen LogP contribution is -2.51. The van der Waals surface area contributed by atoms with Crippen molar-refractivity contribution in [1.29, 1.82) is 0 Å². The van der Waals surface area contributed by atoms with E-state index in [1.165, 1.54) is 0 Å². The first-order chi connectivity index (χ1) is 13.0. The van der Waals surface area contributed by atoms with E-state index in [0.29, 0.717) is 24.5 Å². The van der Waals surface area contributed by atoms with Crippen LogP contribution in [0.4, 0.5) is 4.79 Å². The smallest absolute Gasteiger partial charge is 0.322 e. The molecule has 27 heavy (non-hydrogen) atoms. The van der Waals surface area contributed by atoms with Crippen LogP contribution in [-0.4, -0.2) is 38.6 Å². The van der Waals surface area contributed by atoms with Crippen molar-refractivity contribution in [3.63, 3.8) is 0 Å². The lowest BCUT2D eigenvalue weighted by Gasteiger charge is -2.33. The number of imide groups is 1. The number of nitrogens with zero attached hydrogens (tertiary/aromatic N) is 2. The molecular formula is C19H21N5O3. The van der Waals surface area contributed by atoms with E-state index < -0.39 is 23.4 Å². The molecule has 2 aromatic rings. The molecule has 3 N–H and O–H groups in total. The Morgan fingerprint density at radius 2 is 1.93 bits per heavy atom. The Morgan fingerprint density at radius 1 is 1.22 bits per heavy atom. The summed E-state index contributed by atoms with van der Waals surface area (Å²) in [4.78, 5) is 37.6. The Hall–Kier alpha value is -3.16. The fourth-order valence-corrected chi connectivity index (χ4v) is 3.67. The van der Waals surface area contributed by atoms with Gasteiger partial charge in [0, 0.05) is 5.56 Å². The lowest BCUT2D eigenvalue weighted by atomic mass is 9.77. The van der Waals surface area contributed by atoms with Gasteiger partial charge in [-0.15, -0.1) is 0 Å². The summed E-state index contributed by atoms with van der Waals surface area (Å²) in [7, 11) is 0. The zero-order valence-corrected chi connectivity index (χ0v) is 15.0. The van der Waals surface area contributed by atoms with Crippen molar-refractivity contribution in [2.45, 2.75) is 38.1 Å². The molecule has 4 rings (SSSR count). The van der Waals surface area contributed by atoms with Crippen LogP contribution in [0.1, 0.15) is 43.1 Å². The molecule has 0 unspecified atom stereocenters. The fraction of sp³-hybridized carbons (Fsp3) is 0.368. The van der Waals surface area contributed by atoms with Crippen molar-refractivity contribution in [1.82, 2.24) is 25.9 Å². The van der Waals surface area contributed by atoms with Crippen LogP contribution in [0.3, 0.4) is 0 Å². The number of hydrogen-bond acceptors (Lipinski definition) is 4. The van der Waals surface area contributed by atoms with Gasteiger partial charge in [-0.3, -0.25) is 20.1 Å². The van der Waals surface area contributed by atoms with Crippen molar-refractivity contribution in [3.05, 3.63) is 42.1 Å². The van der Waals surface area contributed by atoms with E-state index in [2.05, 4.69) is 27.9 Å². The molecule has 1 aliphatic carbocycles. The highest BCUT2D eigenvalue weighted by Crippen LogP contribution is 2.35. The number of hydrazine groups is 1. The number of amides is 4. The SMILES string of the molecule is CC1CCC2(CC1)NC(=O)N(NC(=O)c1cc(-c3ccccc3)n[nH]1)C2=O. The van der Waals surface area contributed by atoms with Crippen molar-refractivity contribution in [2.24, 2.45) is 5.92 Å². The van der Waals surface area contributed by atoms with Gasteiger partial charge in [-0.05, 0) is 37.7 Å². The number of urea groups is 1. The van der Waals surface area contributed by atoms with Gasteiger partial charge in [0.05, 0.1) is 5.69 Å². The van der Waals surface area contributed by atoms with Crippen LogP contribution >= 0.6 is 0 Å². The molecule has 1 saturated carbocycles. The second kappa shape index (κ2) is 6.53. The van der Waals surface area contributed by atoms with Gasteiger partial charge in [0.2, 0.25) is 0 Å². The summed E-state index contributed by atoms with van der Waals surface area (Å²) < 4.78 is 0. The molecule has 1 aliphatic heterocycles. The standard InChI is InChI=1S/C19H21N5O3/c1-12-7-9-19(10-8-12)17(26)24(18(27)20-19)23-16(25)15-11-14(21-22-15)13-5-3-2-4-6-13/h2-6,11-12H,7-10H2,1H3,(H,20,27)(H,21,22)(H,23,25). The average Bonchev–Trinajstić information content (AvgIpc) is 3.25. The highest BCUT2D eigenvalue weighted by molar-refractivity contribution is 6.09. The van der Waals surface area contributed by atoms with E-state index in [-0.39, 0.29) is 5.69 Å². The van der Waals surface area contributed by atoms with Crippen LogP contribution in [0.5, 0.6) is 0 Å². The molecule has 2 aliphatic rings. The molecule has 1 saturated heterocycles. The van der Waals surface area contributed by atoms with E-state index in [0.717, 1.165) is 23.4 Å². The van der Waals surface area contributed by atoms with Crippen molar-refractivity contribution >= 4 is 17.8 Å². The minimum atomic E-state index is -0.889. The Labute approximate surface area is 156 Å². The second-order valence-electron chi connectivity index (χ2n) is 7.31. The quantitative estimate of drug-likeness (QED) is 0.723. The van der Waals surface area contributed by atoms with E-state index >= 15 is 0 Å². The maximum Gasteiger partial charge on any atom is 0.344 e. The molecule has 1 aromatic heterocycles. The molecule has 2 fully saturated rings. The fourth-order valence-electron chi connectivity index (χ4n) is 3.67. The highest BCUT2D eigenvalue weighted by Gasteiger charge is 2.53. The molecule has 4 amide bonds. The van der Waals surface area contributed by atoms with Gasteiger partial charge >= 0.3 is 6.03 Å². The normalized spacial score (nSPS) is 24.9. The van der Waals surface area contributed by atoms with Gasteiger partial charge in [0.1, 0.15) is 11.2 Å². The Bertz CT molecular complexity index is 884. The lowest BCUT2D eigenvalue weighted by molar-refractivity contribution is -0.134. The third-order valence-electron chi connectivity index (χ3n) is 5.39. The summed E-state index contributed by atoms with van der Waals surface area (Å²) in [6.07, 6.45) is 2.92. The number of hydrogen-bond donors (Lipinski definition) is 3. The van der Waals surface area contributed by atoms with E-state index in [4.69, 9.17) is 0 Å². The van der Waals surface area contributed by atoms with Gasteiger partial charge in [-0.25, -0.2) is 4.79 Å². The van der Waals surface area contributed by atoms with Crippen LogP contribution in [-0.2, 0) is 4.79 Å². The highest BCUT2D eigenvalue weighted by atomic mass is 16.2. The topological polar surface area (TPSA) is 107 Å². The molecule has 0 atom stereocenters. The summed E-state index contributed by atoms with van der Waals surface area (Å²) in [6.45, 7) is 2.14. The number of H-pyrrole nitrogens is 1. The maximum absolute atomic E-state index is 12.8. The average molecular weight is 367 g/mol. The number of aromatic amines is 1. The molecule has 8 heteroatoms. The minimum absolute atomic E-state index is 0.174. The van der Waals surface area contributed by atoms with Gasteiger partial charge in [-0.1, -0.05) is 37.3 Å². The van der Waals surface area contributed by atoms with E-state index in [9.17, 15) is 14.4 Å². The van der Waals surface area contributed by atoms with Crippen LogP contribution in [0.15, 0.2) is 36.4 Å². The van der Waals surface area contributed by atoms with E-state index in [1.54, 1.807) is 6.07 Å². The molecule has 8 nitrogen and oxygen atoms in total. The predicted octanol–water partition coefficient (Wildman–Crippen LogP) is 2.22. The minimum Gasteiger partial charge on any atom is -0.322 e. The molecule has 0 radical (unpaired) electrons. The van der Waals surface area contributed by atoms with Crippen molar-refractivity contribution in [2.75, 3.05) is 0 Å². The summed E-state index contributed by atoms with van der Waals surface area (Å²) >= 11 is 0. The van der Waals surface area contributed by atoms with Crippen molar-refractivity contribution < 1.29 is 14.4 Å². The van der Waals surface area contributed by atoms with Gasteiger partial charge in [-0.2, -0.15) is 10.1 Å². The molecule has 2 heterocycles. The first-order valence-corrected chi connectivity index (χ1v) is 9.07. The predicted molar refractivity (Wildman–Crippen MR) is 97.2 cm³/mol. The molecule has 0 bridgehead atoms. The number of nitrogens with one attached hydrogen (secondary N) is 3. The van der Waals surface area contributed by atoms with Gasteiger partial charge in [0.25, 0.3) is 11.8 Å². The van der Waals surface area contributed by atoms with Crippen LogP contribution in [0.2, 0.25) is 0 Å². The Morgan fingerprint density at radius 3 is 2.63 bits per heavy atom. The zero-order valence-electron chi connectivity index (χ0n) is 15.0. The third kappa shape index (κ3) is 3.07. The second-order valence-corrected chi connectivity index (χ2v) is 7.31. The van der Waals surface area contributed by atoms with Crippen LogP contribution < -0.4 is 10.7 Å². The first-order valence-electron chi connectivity index (χ1n) is 9.07. The number of benzene rings is 1. The van der Waals surface area contributed by atoms with Crippen LogP contribution in [0, 0.1) is 5.92 Å². The molecule has 1 aromatic carbocycles. The Balaban J connectivity index is 1.48. The molecule has 140 valence electrons. The number of rotatable bonds is 3. The largest absolute Gasteiger partial charge is 0.344 e. The van der Waals surface area contributed by atoms with Gasteiger partial charge < -0.3 is 5.32 Å². The number of carbonyl (C=O) groups is 3. The summed E-state index contributed by atoms with van der Waals surface area (Å²) in [5.41, 5.74) is 3.16. The summed E-state index contributed by atoms with van der Waals surface area (Å²) in [5.74, 6) is -0.449. The number of carbonyl (C=O) groups excluding carboxylic acids is 3. The first kappa shape index (κ1) is 17.3. The monoisotopic (exact) mass is 367 g/mol. The summed E-state index contributed by atoms with van der Waals surface area (Å²) in [5, 5.41) is 10.3. The third-order valence-corrected chi connectivity index (χ3v) is 5.39. The van der Waals surface area contributed by atoms with Crippen molar-refractivity contribution in [3.8, 4) is 11.3 Å². The molecule has 1 spiro atoms. The Kier molecular flexibility index (Phi) is 4.18. The van der Waals surface area contributed by atoms with Crippen LogP contribution in [0.25, 0.3) is 11.3 Å².